The van der Waals surface area contributed by atoms with E-state index in [1.165, 1.54) is 18.6 Å². The van der Waals surface area contributed by atoms with Crippen LogP contribution in [0.25, 0.3) is 0 Å². The van der Waals surface area contributed by atoms with Gasteiger partial charge in [0.15, 0.2) is 0 Å². The van der Waals surface area contributed by atoms with Gasteiger partial charge in [0, 0.05) is 43.3 Å². The number of aryl methyl sites for hydroxylation is 1. The number of hydrogen-bond donors (Lipinski definition) is 2. The fraction of sp³-hybridized carbons (Fsp3) is 0.576. The number of carbonyl (C=O) groups excluding carboxylic acids is 2. The lowest BCUT2D eigenvalue weighted by Gasteiger charge is -2.36. The fourth-order valence-corrected chi connectivity index (χ4v) is 5.82. The van der Waals surface area contributed by atoms with E-state index in [0.717, 1.165) is 37.3 Å². The Hall–Kier alpha value is -2.84. The predicted molar refractivity (Wildman–Crippen MR) is 159 cm³/mol. The lowest BCUT2D eigenvalue weighted by molar-refractivity contribution is 0.0218. The van der Waals surface area contributed by atoms with Crippen LogP contribution in [0.5, 0.6) is 0 Å². The molecule has 3 N–H and O–H groups in total. The molecule has 3 rings (SSSR count). The minimum absolute atomic E-state index is 0.116. The first-order valence-corrected chi connectivity index (χ1v) is 15.1. The zero-order valence-electron chi connectivity index (χ0n) is 25.2. The highest BCUT2D eigenvalue weighted by Gasteiger charge is 2.30. The molecule has 1 fully saturated rings. The number of carbonyl (C=O) groups is 2. The molecule has 3 unspecified atom stereocenters. The lowest BCUT2D eigenvalue weighted by atomic mass is 9.78. The van der Waals surface area contributed by atoms with Crippen molar-refractivity contribution in [2.45, 2.75) is 91.3 Å². The third kappa shape index (κ3) is 9.33. The summed E-state index contributed by atoms with van der Waals surface area (Å²) >= 11 is 0. The second kappa shape index (κ2) is 15.4. The Labute approximate surface area is 244 Å². The summed E-state index contributed by atoms with van der Waals surface area (Å²) in [5.41, 5.74) is 8.43. The molecule has 1 saturated carbocycles. The van der Waals surface area contributed by atoms with Gasteiger partial charge in [-0.15, -0.1) is 0 Å². The van der Waals surface area contributed by atoms with Crippen LogP contribution in [0.3, 0.4) is 0 Å². The highest BCUT2D eigenvalue weighted by atomic mass is 19.1. The Morgan fingerprint density at radius 2 is 1.63 bits per heavy atom. The van der Waals surface area contributed by atoms with Crippen LogP contribution in [-0.2, 0) is 11.2 Å². The molecule has 2 aromatic carbocycles. The Kier molecular flexibility index (Phi) is 12.3. The number of amides is 1. The van der Waals surface area contributed by atoms with Gasteiger partial charge >= 0.3 is 5.97 Å². The summed E-state index contributed by atoms with van der Waals surface area (Å²) in [7, 11) is 0. The van der Waals surface area contributed by atoms with Gasteiger partial charge in [0.05, 0.1) is 5.56 Å². The molecule has 226 valence electrons. The molecule has 1 aliphatic rings. The van der Waals surface area contributed by atoms with Gasteiger partial charge in [0.25, 0.3) is 5.91 Å². The van der Waals surface area contributed by atoms with Crippen LogP contribution in [0.4, 0.5) is 8.78 Å². The number of esters is 1. The molecule has 0 bridgehead atoms. The third-order valence-electron chi connectivity index (χ3n) is 8.25. The van der Waals surface area contributed by atoms with Crippen LogP contribution in [0.2, 0.25) is 0 Å². The molecule has 5 atom stereocenters. The standard InChI is InChI=1S/C33H47F2N3O3/c1-6-11-38(12-7-2)32(39)25-13-21(3)14-26(18-25)33(40)41-31(20-37-30-10-8-9-22(4)23(30)5)29(36)17-24-15-27(34)19-28(35)16-24/h13-16,18-19,22-23,29-31,37H,6-12,17,20,36H2,1-5H3/t22?,23?,29-,30?,31+/m0/s1. The van der Waals surface area contributed by atoms with E-state index < -0.39 is 29.7 Å². The molecule has 0 aromatic heterocycles. The number of benzene rings is 2. The topological polar surface area (TPSA) is 84.7 Å². The van der Waals surface area contributed by atoms with Crippen LogP contribution < -0.4 is 11.1 Å². The van der Waals surface area contributed by atoms with Crippen molar-refractivity contribution in [3.05, 3.63) is 70.3 Å². The molecule has 2 aromatic rings. The normalized spacial score (nSPS) is 20.3. The number of rotatable bonds is 13. The monoisotopic (exact) mass is 571 g/mol. The first-order valence-electron chi connectivity index (χ1n) is 15.1. The summed E-state index contributed by atoms with van der Waals surface area (Å²) in [5, 5.41) is 3.57. The average Bonchev–Trinajstić information content (AvgIpc) is 2.91. The Morgan fingerprint density at radius 1 is 1.00 bits per heavy atom. The third-order valence-corrected chi connectivity index (χ3v) is 8.25. The van der Waals surface area contributed by atoms with Crippen molar-refractivity contribution in [2.24, 2.45) is 17.6 Å². The highest BCUT2D eigenvalue weighted by molar-refractivity contribution is 5.98. The minimum Gasteiger partial charge on any atom is -0.456 e. The molecule has 0 radical (unpaired) electrons. The number of nitrogens with zero attached hydrogens (tertiary/aromatic N) is 1. The van der Waals surface area contributed by atoms with Crippen molar-refractivity contribution >= 4 is 11.9 Å². The van der Waals surface area contributed by atoms with E-state index >= 15 is 0 Å². The van der Waals surface area contributed by atoms with Gasteiger partial charge in [0.1, 0.15) is 17.7 Å². The molecular weight excluding hydrogens is 524 g/mol. The van der Waals surface area contributed by atoms with Gasteiger partial charge in [0.2, 0.25) is 0 Å². The molecule has 41 heavy (non-hydrogen) atoms. The Bertz CT molecular complexity index is 1150. The van der Waals surface area contributed by atoms with Crippen molar-refractivity contribution in [2.75, 3.05) is 19.6 Å². The first-order chi connectivity index (χ1) is 19.5. The van der Waals surface area contributed by atoms with E-state index in [9.17, 15) is 18.4 Å². The Morgan fingerprint density at radius 3 is 2.27 bits per heavy atom. The molecule has 0 aliphatic heterocycles. The second-order valence-corrected chi connectivity index (χ2v) is 11.8. The smallest absolute Gasteiger partial charge is 0.338 e. The Balaban J connectivity index is 1.82. The quantitative estimate of drug-likeness (QED) is 0.286. The van der Waals surface area contributed by atoms with E-state index in [1.54, 1.807) is 23.1 Å². The maximum absolute atomic E-state index is 13.9. The number of nitrogens with two attached hydrogens (primary N) is 1. The molecule has 8 heteroatoms. The molecule has 1 aliphatic carbocycles. The average molecular weight is 572 g/mol. The van der Waals surface area contributed by atoms with Crippen LogP contribution in [0, 0.1) is 30.4 Å². The van der Waals surface area contributed by atoms with Gasteiger partial charge in [-0.05, 0) is 85.9 Å². The van der Waals surface area contributed by atoms with Gasteiger partial charge in [-0.25, -0.2) is 13.6 Å². The predicted octanol–water partition coefficient (Wildman–Crippen LogP) is 6.05. The second-order valence-electron chi connectivity index (χ2n) is 11.8. The van der Waals surface area contributed by atoms with E-state index in [0.29, 0.717) is 42.6 Å². The zero-order chi connectivity index (χ0) is 30.1. The molecule has 0 saturated heterocycles. The molecule has 0 spiro atoms. The summed E-state index contributed by atoms with van der Waals surface area (Å²) in [4.78, 5) is 28.5. The molecule has 0 heterocycles. The fourth-order valence-electron chi connectivity index (χ4n) is 5.82. The summed E-state index contributed by atoms with van der Waals surface area (Å²) in [6, 6.07) is 7.92. The zero-order valence-corrected chi connectivity index (χ0v) is 25.2. The van der Waals surface area contributed by atoms with E-state index in [1.807, 2.05) is 20.8 Å². The van der Waals surface area contributed by atoms with Crippen molar-refractivity contribution in [1.82, 2.24) is 10.2 Å². The summed E-state index contributed by atoms with van der Waals surface area (Å²) in [6.07, 6.45) is 4.38. The summed E-state index contributed by atoms with van der Waals surface area (Å²) in [5.74, 6) is -1.03. The molecule has 1 amide bonds. The van der Waals surface area contributed by atoms with Gasteiger partial charge in [-0.3, -0.25) is 4.79 Å². The number of nitrogens with one attached hydrogen (secondary N) is 1. The van der Waals surface area contributed by atoms with Crippen LogP contribution >= 0.6 is 0 Å². The van der Waals surface area contributed by atoms with E-state index in [-0.39, 0.29) is 23.9 Å². The van der Waals surface area contributed by atoms with Crippen molar-refractivity contribution < 1.29 is 23.1 Å². The maximum Gasteiger partial charge on any atom is 0.338 e. The molecular formula is C33H47F2N3O3. The lowest BCUT2D eigenvalue weighted by Crippen LogP contribution is -2.50. The van der Waals surface area contributed by atoms with Gasteiger partial charge in [-0.2, -0.15) is 0 Å². The van der Waals surface area contributed by atoms with Crippen molar-refractivity contribution in [3.8, 4) is 0 Å². The van der Waals surface area contributed by atoms with Crippen LogP contribution in [0.1, 0.15) is 91.6 Å². The minimum atomic E-state index is -0.755. The van der Waals surface area contributed by atoms with Crippen molar-refractivity contribution in [3.63, 3.8) is 0 Å². The first kappa shape index (κ1) is 32.7. The highest BCUT2D eigenvalue weighted by Crippen LogP contribution is 2.29. The SMILES string of the molecule is CCCN(CCC)C(=O)c1cc(C)cc(C(=O)O[C@H](CNC2CCCC(C)C2C)[C@@H](N)Cc2cc(F)cc(F)c2)c1. The maximum atomic E-state index is 13.9. The number of hydrogen-bond acceptors (Lipinski definition) is 5. The van der Waals surface area contributed by atoms with Gasteiger partial charge in [-0.1, -0.05) is 40.5 Å². The van der Waals surface area contributed by atoms with Crippen LogP contribution in [-0.4, -0.2) is 54.6 Å². The van der Waals surface area contributed by atoms with Gasteiger partial charge < -0.3 is 20.7 Å². The van der Waals surface area contributed by atoms with E-state index in [4.69, 9.17) is 10.5 Å². The summed E-state index contributed by atoms with van der Waals surface area (Å²) in [6.45, 7) is 12.0. The number of halogens is 2. The largest absolute Gasteiger partial charge is 0.456 e. The summed E-state index contributed by atoms with van der Waals surface area (Å²) < 4.78 is 33.7. The van der Waals surface area contributed by atoms with Crippen molar-refractivity contribution in [1.29, 1.82) is 0 Å². The van der Waals surface area contributed by atoms with E-state index in [2.05, 4.69) is 19.2 Å². The number of ether oxygens (including phenoxy) is 1. The van der Waals surface area contributed by atoms with Crippen LogP contribution in [0.15, 0.2) is 36.4 Å². The molecule has 6 nitrogen and oxygen atoms in total.